The van der Waals surface area contributed by atoms with Crippen LogP contribution >= 0.6 is 0 Å². The van der Waals surface area contributed by atoms with Crippen molar-refractivity contribution in [3.63, 3.8) is 0 Å². The van der Waals surface area contributed by atoms with Gasteiger partial charge in [0.25, 0.3) is 0 Å². The van der Waals surface area contributed by atoms with Crippen molar-refractivity contribution in [2.24, 2.45) is 0 Å². The largest absolute Gasteiger partial charge is 0.465 e. The highest BCUT2D eigenvalue weighted by molar-refractivity contribution is 5.87. The summed E-state index contributed by atoms with van der Waals surface area (Å²) < 4.78 is 32.1. The lowest BCUT2D eigenvalue weighted by Gasteiger charge is -2.39. The first kappa shape index (κ1) is 30.6. The monoisotopic (exact) mass is 580 g/mol. The Morgan fingerprint density at radius 2 is 1.49 bits per heavy atom. The van der Waals surface area contributed by atoms with Gasteiger partial charge in [-0.3, -0.25) is 4.79 Å². The SMILES string of the molecule is Cc1occc(=O)c1O[C@@H]1O[C@H](COC(=O)/C=C\c2ccc(O[C@@H]3O[C@@H](C)[C@H](O)[C@@H](O)[C@H]3O)cc2)[C@@H](O)[C@H](O)[C@H]1O. The Bertz CT molecular complexity index is 1260. The molecule has 0 bridgehead atoms. The molecular weight excluding hydrogens is 548 g/mol. The van der Waals surface area contributed by atoms with Crippen molar-refractivity contribution in [2.45, 2.75) is 75.3 Å². The Hall–Kier alpha value is -3.34. The quantitative estimate of drug-likeness (QED) is 0.156. The van der Waals surface area contributed by atoms with Crippen molar-refractivity contribution in [3.8, 4) is 11.5 Å². The fraction of sp³-hybridized carbons (Fsp3) is 0.481. The summed E-state index contributed by atoms with van der Waals surface area (Å²) in [7, 11) is 0. The molecule has 0 radical (unpaired) electrons. The summed E-state index contributed by atoms with van der Waals surface area (Å²) in [4.78, 5) is 24.3. The summed E-state index contributed by atoms with van der Waals surface area (Å²) in [6.45, 7) is 2.48. The lowest BCUT2D eigenvalue weighted by molar-refractivity contribution is -0.278. The van der Waals surface area contributed by atoms with Crippen molar-refractivity contribution in [2.75, 3.05) is 6.61 Å². The first-order valence-corrected chi connectivity index (χ1v) is 12.7. The van der Waals surface area contributed by atoms with E-state index in [2.05, 4.69) is 0 Å². The van der Waals surface area contributed by atoms with Gasteiger partial charge in [-0.15, -0.1) is 0 Å². The standard InChI is InChI=1S/C27H32O14/c1-12-19(30)21(32)23(34)26(38-12)39-15-6-3-14(4-7-15)5-8-18(29)37-11-17-20(31)22(33)24(35)27(40-17)41-25-13(2)36-10-9-16(25)28/h3-10,12,17,19-24,26-27,30-35H,11H2,1-2H3/b8-5-/t12-,17+,19-,20+,21+,22-,23+,24+,26-,27-/m0/s1. The van der Waals surface area contributed by atoms with E-state index >= 15 is 0 Å². The number of ether oxygens (including phenoxy) is 5. The Morgan fingerprint density at radius 1 is 0.854 bits per heavy atom. The summed E-state index contributed by atoms with van der Waals surface area (Å²) >= 11 is 0. The van der Waals surface area contributed by atoms with Gasteiger partial charge in [0.1, 0.15) is 60.8 Å². The molecule has 14 nitrogen and oxygen atoms in total. The molecule has 0 unspecified atom stereocenters. The molecule has 1 aromatic carbocycles. The Kier molecular flexibility index (Phi) is 9.78. The number of carbonyl (C=O) groups excluding carboxylic acids is 1. The molecule has 2 saturated heterocycles. The number of hydrogen-bond acceptors (Lipinski definition) is 14. The van der Waals surface area contributed by atoms with Gasteiger partial charge in [0, 0.05) is 12.1 Å². The molecule has 0 aliphatic carbocycles. The topological polar surface area (TPSA) is 215 Å². The minimum absolute atomic E-state index is 0.106. The van der Waals surface area contributed by atoms with Gasteiger partial charge in [0.05, 0.1) is 12.4 Å². The van der Waals surface area contributed by atoms with Gasteiger partial charge in [-0.25, -0.2) is 4.79 Å². The Labute approximate surface area is 233 Å². The van der Waals surface area contributed by atoms with Crippen LogP contribution in [0.3, 0.4) is 0 Å². The van der Waals surface area contributed by atoms with Crippen LogP contribution in [0.15, 0.2) is 51.9 Å². The van der Waals surface area contributed by atoms with E-state index in [1.165, 1.54) is 32.1 Å². The molecule has 41 heavy (non-hydrogen) atoms. The van der Waals surface area contributed by atoms with E-state index in [1.807, 2.05) is 0 Å². The predicted octanol–water partition coefficient (Wildman–Crippen LogP) is -1.40. The van der Waals surface area contributed by atoms with Crippen molar-refractivity contribution >= 4 is 12.0 Å². The Balaban J connectivity index is 1.30. The van der Waals surface area contributed by atoms with Crippen molar-refractivity contribution in [1.82, 2.24) is 0 Å². The van der Waals surface area contributed by atoms with Gasteiger partial charge < -0.3 is 58.7 Å². The summed E-state index contributed by atoms with van der Waals surface area (Å²) in [6.07, 6.45) is -10.3. The number of aryl methyl sites for hydroxylation is 1. The van der Waals surface area contributed by atoms with Crippen LogP contribution in [0, 0.1) is 6.92 Å². The summed E-state index contributed by atoms with van der Waals surface area (Å²) in [5, 5.41) is 60.5. The van der Waals surface area contributed by atoms with Gasteiger partial charge in [-0.1, -0.05) is 12.1 Å². The fourth-order valence-electron chi connectivity index (χ4n) is 4.19. The highest BCUT2D eigenvalue weighted by atomic mass is 16.7. The predicted molar refractivity (Wildman–Crippen MR) is 136 cm³/mol. The van der Waals surface area contributed by atoms with E-state index in [9.17, 15) is 40.2 Å². The summed E-state index contributed by atoms with van der Waals surface area (Å²) in [5.74, 6) is -0.647. The third-order valence-corrected chi connectivity index (χ3v) is 6.65. The molecule has 4 rings (SSSR count). The number of esters is 1. The molecule has 0 saturated carbocycles. The molecule has 0 amide bonds. The number of carbonyl (C=O) groups is 1. The normalized spacial score (nSPS) is 33.9. The minimum Gasteiger partial charge on any atom is -0.465 e. The molecule has 14 heteroatoms. The van der Waals surface area contributed by atoms with E-state index in [0.717, 1.165) is 18.4 Å². The van der Waals surface area contributed by atoms with Crippen LogP contribution in [0.4, 0.5) is 0 Å². The number of aliphatic hydroxyl groups is 6. The van der Waals surface area contributed by atoms with E-state index in [1.54, 1.807) is 12.1 Å². The molecule has 10 atom stereocenters. The van der Waals surface area contributed by atoms with E-state index in [4.69, 9.17) is 28.1 Å². The third kappa shape index (κ3) is 7.12. The first-order valence-electron chi connectivity index (χ1n) is 12.7. The van der Waals surface area contributed by atoms with Gasteiger partial charge in [0.2, 0.25) is 23.8 Å². The molecule has 0 spiro atoms. The number of rotatable bonds is 8. The van der Waals surface area contributed by atoms with Crippen molar-refractivity contribution in [3.05, 3.63) is 64.2 Å². The minimum atomic E-state index is -1.72. The van der Waals surface area contributed by atoms with Gasteiger partial charge >= 0.3 is 5.97 Å². The van der Waals surface area contributed by atoms with Gasteiger partial charge in [-0.2, -0.15) is 0 Å². The lowest BCUT2D eigenvalue weighted by atomic mass is 9.99. The fourth-order valence-corrected chi connectivity index (χ4v) is 4.19. The van der Waals surface area contributed by atoms with Crippen molar-refractivity contribution in [1.29, 1.82) is 0 Å². The molecule has 6 N–H and O–H groups in total. The maximum Gasteiger partial charge on any atom is 0.330 e. The van der Waals surface area contributed by atoms with Crippen LogP contribution in [0.2, 0.25) is 0 Å². The second-order valence-electron chi connectivity index (χ2n) is 9.63. The number of aliphatic hydroxyl groups excluding tert-OH is 6. The van der Waals surface area contributed by atoms with Crippen molar-refractivity contribution < 1.29 is 63.5 Å². The van der Waals surface area contributed by atoms with Crippen LogP contribution < -0.4 is 14.9 Å². The maximum absolute atomic E-state index is 12.3. The third-order valence-electron chi connectivity index (χ3n) is 6.65. The second-order valence-corrected chi connectivity index (χ2v) is 9.63. The van der Waals surface area contributed by atoms with Gasteiger partial charge in [0.15, 0.2) is 0 Å². The molecule has 2 aliphatic heterocycles. The van der Waals surface area contributed by atoms with Crippen LogP contribution in [-0.4, -0.2) is 105 Å². The number of benzene rings is 1. The zero-order valence-electron chi connectivity index (χ0n) is 22.0. The van der Waals surface area contributed by atoms with Crippen LogP contribution in [0.1, 0.15) is 18.2 Å². The first-order chi connectivity index (χ1) is 19.5. The molecule has 2 aliphatic rings. The summed E-state index contributed by atoms with van der Waals surface area (Å²) in [6, 6.07) is 7.37. The zero-order chi connectivity index (χ0) is 29.8. The molecule has 2 aromatic rings. The lowest BCUT2D eigenvalue weighted by Crippen LogP contribution is -2.60. The van der Waals surface area contributed by atoms with E-state index < -0.39 is 79.4 Å². The number of hydrogen-bond donors (Lipinski definition) is 6. The molecule has 3 heterocycles. The van der Waals surface area contributed by atoms with E-state index in [-0.39, 0.29) is 11.5 Å². The molecular formula is C27H32O14. The van der Waals surface area contributed by atoms with Crippen LogP contribution in [0.5, 0.6) is 11.5 Å². The highest BCUT2D eigenvalue weighted by Gasteiger charge is 2.46. The summed E-state index contributed by atoms with van der Waals surface area (Å²) in [5.41, 5.74) is 0.0206. The average Bonchev–Trinajstić information content (AvgIpc) is 2.95. The average molecular weight is 581 g/mol. The Morgan fingerprint density at radius 3 is 2.15 bits per heavy atom. The molecule has 1 aromatic heterocycles. The van der Waals surface area contributed by atoms with Crippen LogP contribution in [0.25, 0.3) is 6.08 Å². The second kappa shape index (κ2) is 13.1. The van der Waals surface area contributed by atoms with Gasteiger partial charge in [-0.05, 0) is 37.6 Å². The van der Waals surface area contributed by atoms with Crippen LogP contribution in [-0.2, 0) is 19.0 Å². The molecule has 224 valence electrons. The molecule has 2 fully saturated rings. The smallest absolute Gasteiger partial charge is 0.330 e. The van der Waals surface area contributed by atoms with E-state index in [0.29, 0.717) is 11.3 Å². The highest BCUT2D eigenvalue weighted by Crippen LogP contribution is 2.26. The zero-order valence-corrected chi connectivity index (χ0v) is 22.0. The maximum atomic E-state index is 12.3.